The molecule has 41 heavy (non-hydrogen) atoms. The summed E-state index contributed by atoms with van der Waals surface area (Å²) in [6.45, 7) is 9.67. The van der Waals surface area contributed by atoms with Gasteiger partial charge in [-0.1, -0.05) is 37.1 Å². The average molecular weight is 581 g/mol. The Morgan fingerprint density at radius 1 is 0.902 bits per heavy atom. The third-order valence-electron chi connectivity index (χ3n) is 9.36. The van der Waals surface area contributed by atoms with Gasteiger partial charge in [0.25, 0.3) is 5.91 Å². The minimum Gasteiger partial charge on any atom is -0.396 e. The first-order chi connectivity index (χ1) is 19.7. The zero-order chi connectivity index (χ0) is 29.4. The monoisotopic (exact) mass is 580 g/mol. The number of nitrogens with zero attached hydrogens (tertiary/aromatic N) is 4. The number of benzene rings is 1. The molecule has 4 heterocycles. The summed E-state index contributed by atoms with van der Waals surface area (Å²) < 4.78 is -1.41. The van der Waals surface area contributed by atoms with E-state index in [1.54, 1.807) is 33.5 Å². The van der Waals surface area contributed by atoms with Crippen LogP contribution in [0.5, 0.6) is 0 Å². The van der Waals surface area contributed by atoms with Crippen molar-refractivity contribution >= 4 is 40.9 Å². The second-order valence-electron chi connectivity index (χ2n) is 11.8. The van der Waals surface area contributed by atoms with E-state index in [2.05, 4.69) is 50.0 Å². The van der Waals surface area contributed by atoms with E-state index in [0.717, 1.165) is 50.1 Å². The van der Waals surface area contributed by atoms with E-state index in [1.807, 2.05) is 24.3 Å². The number of likely N-dealkylation sites (N-methyl/N-ethyl adjacent to an activating group) is 1. The molecule has 1 N–H and O–H groups in total. The molecule has 0 aliphatic carbocycles. The Balaban J connectivity index is 1.53. The Kier molecular flexibility index (Phi) is 8.58. The normalized spacial score (nSPS) is 30.8. The van der Waals surface area contributed by atoms with Crippen LogP contribution in [0.3, 0.4) is 0 Å². The molecule has 2 saturated heterocycles. The SMILES string of the molecule is CCN(CC)c1ccc(N2CC=C[C@]34S[C@]5(C)C=CCN(C)C(=O)[C@@H]5[C@H]3C(=O)N(CCCCCCO)C4C2=O)cc1. The van der Waals surface area contributed by atoms with Gasteiger partial charge in [0.15, 0.2) is 0 Å². The standard InChI is InChI=1S/C32H44N4O4S/c1-5-34(6-2)23-13-15-24(16-14-23)35-21-12-18-32-26(25-28(38)33(4)19-11-17-31(25,3)41-32)29(39)36(27(32)30(35)40)20-9-7-8-10-22-37/h11-18,25-27,37H,5-10,19-22H2,1-4H3/t25-,26-,27?,31+,32-/m0/s1. The van der Waals surface area contributed by atoms with Crippen LogP contribution >= 0.6 is 11.8 Å². The van der Waals surface area contributed by atoms with E-state index in [4.69, 9.17) is 0 Å². The predicted molar refractivity (Wildman–Crippen MR) is 165 cm³/mol. The van der Waals surface area contributed by atoms with Crippen LogP contribution < -0.4 is 9.80 Å². The summed E-state index contributed by atoms with van der Waals surface area (Å²) in [4.78, 5) is 50.4. The van der Waals surface area contributed by atoms with Crippen LogP contribution in [-0.4, -0.2) is 94.5 Å². The topological polar surface area (TPSA) is 84.4 Å². The van der Waals surface area contributed by atoms with Gasteiger partial charge in [0.1, 0.15) is 6.04 Å². The van der Waals surface area contributed by atoms with Crippen molar-refractivity contribution < 1.29 is 19.5 Å². The number of likely N-dealkylation sites (tertiary alicyclic amines) is 1. The molecule has 0 bridgehead atoms. The van der Waals surface area contributed by atoms with Gasteiger partial charge in [0.2, 0.25) is 11.8 Å². The van der Waals surface area contributed by atoms with Gasteiger partial charge in [-0.05, 0) is 57.9 Å². The molecule has 0 aromatic heterocycles. The molecule has 3 amide bonds. The van der Waals surface area contributed by atoms with Gasteiger partial charge < -0.3 is 24.7 Å². The molecule has 0 radical (unpaired) electrons. The number of rotatable bonds is 10. The fourth-order valence-corrected chi connectivity index (χ4v) is 9.45. The van der Waals surface area contributed by atoms with E-state index in [1.165, 1.54) is 0 Å². The van der Waals surface area contributed by atoms with Gasteiger partial charge in [-0.15, -0.1) is 11.8 Å². The van der Waals surface area contributed by atoms with Crippen LogP contribution in [0.1, 0.15) is 46.5 Å². The first kappa shape index (κ1) is 29.7. The zero-order valence-corrected chi connectivity index (χ0v) is 25.6. The lowest BCUT2D eigenvalue weighted by Crippen LogP contribution is -2.53. The van der Waals surface area contributed by atoms with Crippen LogP contribution in [0.2, 0.25) is 0 Å². The maximum Gasteiger partial charge on any atom is 0.251 e. The van der Waals surface area contributed by atoms with Crippen molar-refractivity contribution in [2.45, 2.75) is 62.0 Å². The smallest absolute Gasteiger partial charge is 0.251 e. The Hall–Kier alpha value is -2.78. The summed E-state index contributed by atoms with van der Waals surface area (Å²) in [6.07, 6.45) is 11.4. The molecule has 1 aromatic rings. The van der Waals surface area contributed by atoms with Crippen LogP contribution in [0.4, 0.5) is 11.4 Å². The Labute approximate surface area is 248 Å². The number of anilines is 2. The summed E-state index contributed by atoms with van der Waals surface area (Å²) in [5.41, 5.74) is 1.92. The summed E-state index contributed by atoms with van der Waals surface area (Å²) in [6, 6.07) is 7.42. The number of aliphatic hydroxyl groups excluding tert-OH is 1. The van der Waals surface area contributed by atoms with Gasteiger partial charge in [-0.3, -0.25) is 14.4 Å². The lowest BCUT2D eigenvalue weighted by Gasteiger charge is -2.37. The summed E-state index contributed by atoms with van der Waals surface area (Å²) in [5, 5.41) is 9.19. The van der Waals surface area contributed by atoms with Crippen LogP contribution in [0.25, 0.3) is 0 Å². The number of carbonyl (C=O) groups excluding carboxylic acids is 3. The van der Waals surface area contributed by atoms with E-state index >= 15 is 0 Å². The summed E-state index contributed by atoms with van der Waals surface area (Å²) in [5.74, 6) is -1.36. The fraction of sp³-hybridized carbons (Fsp3) is 0.594. The van der Waals surface area contributed by atoms with Crippen molar-refractivity contribution in [2.24, 2.45) is 11.8 Å². The Morgan fingerprint density at radius 3 is 2.27 bits per heavy atom. The zero-order valence-electron chi connectivity index (χ0n) is 24.8. The molecule has 0 saturated carbocycles. The van der Waals surface area contributed by atoms with E-state index in [9.17, 15) is 19.5 Å². The molecule has 222 valence electrons. The fourth-order valence-electron chi connectivity index (χ4n) is 7.29. The van der Waals surface area contributed by atoms with Crippen molar-refractivity contribution in [1.29, 1.82) is 0 Å². The maximum absolute atomic E-state index is 14.6. The Bertz CT molecular complexity index is 1210. The van der Waals surface area contributed by atoms with Crippen LogP contribution in [-0.2, 0) is 14.4 Å². The van der Waals surface area contributed by atoms with Crippen molar-refractivity contribution in [3.8, 4) is 0 Å². The molecule has 2 fully saturated rings. The quantitative estimate of drug-likeness (QED) is 0.336. The Morgan fingerprint density at radius 2 is 1.59 bits per heavy atom. The minimum atomic E-state index is -0.827. The molecular weight excluding hydrogens is 536 g/mol. The molecular formula is C32H44N4O4S. The van der Waals surface area contributed by atoms with E-state index in [-0.39, 0.29) is 24.3 Å². The molecule has 1 aromatic carbocycles. The van der Waals surface area contributed by atoms with Crippen LogP contribution in [0, 0.1) is 11.8 Å². The minimum absolute atomic E-state index is 0.0299. The number of amides is 3. The summed E-state index contributed by atoms with van der Waals surface area (Å²) >= 11 is 1.63. The molecule has 1 unspecified atom stereocenters. The van der Waals surface area contributed by atoms with Crippen molar-refractivity contribution in [3.63, 3.8) is 0 Å². The number of hydrogen-bond acceptors (Lipinski definition) is 6. The molecule has 4 aliphatic rings. The largest absolute Gasteiger partial charge is 0.396 e. The average Bonchev–Trinajstić information content (AvgIpc) is 3.23. The lowest BCUT2D eigenvalue weighted by atomic mass is 9.74. The van der Waals surface area contributed by atoms with Gasteiger partial charge >= 0.3 is 0 Å². The molecule has 5 atom stereocenters. The highest BCUT2D eigenvalue weighted by Gasteiger charge is 2.73. The highest BCUT2D eigenvalue weighted by atomic mass is 32.2. The van der Waals surface area contributed by atoms with Crippen LogP contribution in [0.15, 0.2) is 48.6 Å². The summed E-state index contributed by atoms with van der Waals surface area (Å²) in [7, 11) is 1.79. The highest BCUT2D eigenvalue weighted by molar-refractivity contribution is 8.02. The molecule has 1 spiro atoms. The van der Waals surface area contributed by atoms with Gasteiger partial charge in [-0.2, -0.15) is 0 Å². The molecule has 8 nitrogen and oxygen atoms in total. The number of aliphatic hydroxyl groups is 1. The van der Waals surface area contributed by atoms with Gasteiger partial charge in [0.05, 0.1) is 16.6 Å². The number of fused-ring (bicyclic) bond motifs is 2. The highest BCUT2D eigenvalue weighted by Crippen LogP contribution is 2.65. The van der Waals surface area contributed by atoms with Crippen molar-refractivity contribution in [3.05, 3.63) is 48.6 Å². The first-order valence-electron chi connectivity index (χ1n) is 15.1. The van der Waals surface area contributed by atoms with E-state index in [0.29, 0.717) is 19.6 Å². The lowest BCUT2D eigenvalue weighted by molar-refractivity contribution is -0.143. The first-order valence-corrected chi connectivity index (χ1v) is 15.9. The number of carbonyl (C=O) groups is 3. The second-order valence-corrected chi connectivity index (χ2v) is 13.6. The predicted octanol–water partition coefficient (Wildman–Crippen LogP) is 3.70. The molecule has 9 heteroatoms. The van der Waals surface area contributed by atoms with Gasteiger partial charge in [-0.25, -0.2) is 0 Å². The van der Waals surface area contributed by atoms with E-state index < -0.39 is 27.4 Å². The number of thioether (sulfide) groups is 1. The van der Waals surface area contributed by atoms with Gasteiger partial charge in [0, 0.05) is 62.5 Å². The maximum atomic E-state index is 14.6. The molecule has 5 rings (SSSR count). The third kappa shape index (κ3) is 4.99. The number of hydrogen-bond donors (Lipinski definition) is 1. The molecule has 4 aliphatic heterocycles. The number of unbranched alkanes of at least 4 members (excludes halogenated alkanes) is 3. The van der Waals surface area contributed by atoms with Crippen molar-refractivity contribution in [2.75, 3.05) is 56.2 Å². The second kappa shape index (κ2) is 11.8. The van der Waals surface area contributed by atoms with Crippen molar-refractivity contribution in [1.82, 2.24) is 9.80 Å². The third-order valence-corrected chi connectivity index (χ3v) is 11.2.